The first-order valence-corrected chi connectivity index (χ1v) is 10.6. The number of hydrazine groups is 1. The minimum atomic E-state index is -0.456. The number of hydrogen-bond acceptors (Lipinski definition) is 4. The molecule has 3 amide bonds. The van der Waals surface area contributed by atoms with Gasteiger partial charge in [0.05, 0.1) is 12.5 Å². The Morgan fingerprint density at radius 1 is 0.963 bits per heavy atom. The number of amides is 3. The fourth-order valence-electron chi connectivity index (χ4n) is 5.01. The summed E-state index contributed by atoms with van der Waals surface area (Å²) < 4.78 is 0. The van der Waals surface area contributed by atoms with Crippen LogP contribution in [0.3, 0.4) is 0 Å². The Hall–Kier alpha value is -1.63. The van der Waals surface area contributed by atoms with Gasteiger partial charge >= 0.3 is 0 Å². The summed E-state index contributed by atoms with van der Waals surface area (Å²) in [4.78, 5) is 37.1. The van der Waals surface area contributed by atoms with Crippen molar-refractivity contribution in [2.24, 2.45) is 17.8 Å². The largest absolute Gasteiger partial charge is 0.286 e. The van der Waals surface area contributed by atoms with Crippen molar-refractivity contribution < 1.29 is 19.6 Å². The van der Waals surface area contributed by atoms with Gasteiger partial charge in [0.2, 0.25) is 18.2 Å². The number of hydrogen-bond donors (Lipinski definition) is 1. The Balaban J connectivity index is 1.68. The Kier molecular flexibility index (Phi) is 7.10. The number of carbonyl (C=O) groups is 3. The summed E-state index contributed by atoms with van der Waals surface area (Å²) >= 11 is 0. The fourth-order valence-corrected chi connectivity index (χ4v) is 5.01. The molecule has 2 aliphatic carbocycles. The molecule has 0 aromatic heterocycles. The van der Waals surface area contributed by atoms with Crippen molar-refractivity contribution in [2.75, 3.05) is 19.6 Å². The smallest absolute Gasteiger partial charge is 0.246 e. The van der Waals surface area contributed by atoms with Gasteiger partial charge in [0.25, 0.3) is 0 Å². The lowest BCUT2D eigenvalue weighted by Gasteiger charge is -2.35. The van der Waals surface area contributed by atoms with E-state index < -0.39 is 5.92 Å². The molecule has 1 saturated heterocycles. The van der Waals surface area contributed by atoms with Crippen molar-refractivity contribution in [1.82, 2.24) is 15.1 Å². The van der Waals surface area contributed by atoms with Gasteiger partial charge in [0.1, 0.15) is 0 Å². The first-order valence-electron chi connectivity index (χ1n) is 10.6. The maximum atomic E-state index is 13.3. The molecule has 3 aliphatic rings. The van der Waals surface area contributed by atoms with Crippen LogP contribution in [-0.4, -0.2) is 58.1 Å². The first-order chi connectivity index (χ1) is 13.1. The quantitative estimate of drug-likeness (QED) is 0.419. The van der Waals surface area contributed by atoms with E-state index in [9.17, 15) is 19.6 Å². The normalized spacial score (nSPS) is 22.9. The molecule has 152 valence electrons. The molecular formula is C20H33N3O4. The predicted octanol–water partition coefficient (Wildman–Crippen LogP) is 2.59. The fraction of sp³-hybridized carbons (Fsp3) is 0.850. The van der Waals surface area contributed by atoms with E-state index in [1.807, 2.05) is 0 Å². The van der Waals surface area contributed by atoms with Crippen LogP contribution in [0.25, 0.3) is 0 Å². The summed E-state index contributed by atoms with van der Waals surface area (Å²) in [5.74, 6) is -0.00206. The van der Waals surface area contributed by atoms with E-state index in [2.05, 4.69) is 0 Å². The molecule has 2 saturated carbocycles. The van der Waals surface area contributed by atoms with E-state index in [-0.39, 0.29) is 24.3 Å². The molecule has 1 aliphatic heterocycles. The van der Waals surface area contributed by atoms with E-state index in [1.165, 1.54) is 19.3 Å². The van der Waals surface area contributed by atoms with Crippen molar-refractivity contribution in [3.05, 3.63) is 0 Å². The summed E-state index contributed by atoms with van der Waals surface area (Å²) in [6.45, 7) is 1.14. The summed E-state index contributed by atoms with van der Waals surface area (Å²) in [7, 11) is 0. The molecule has 0 bridgehead atoms. The molecule has 0 radical (unpaired) electrons. The van der Waals surface area contributed by atoms with E-state index in [1.54, 1.807) is 10.0 Å². The lowest BCUT2D eigenvalue weighted by atomic mass is 9.88. The SMILES string of the molecule is O=CN(O)C[C@@H](CC1CCCC1)C(=O)N1CCCN1C(=O)C1CCCCC1. The Morgan fingerprint density at radius 3 is 2.26 bits per heavy atom. The number of nitrogens with zero attached hydrogens (tertiary/aromatic N) is 3. The van der Waals surface area contributed by atoms with Crippen LogP contribution in [0.5, 0.6) is 0 Å². The van der Waals surface area contributed by atoms with E-state index in [0.29, 0.717) is 36.9 Å². The molecule has 0 unspecified atom stereocenters. The van der Waals surface area contributed by atoms with Gasteiger partial charge in [-0.25, -0.2) is 5.06 Å². The van der Waals surface area contributed by atoms with Crippen LogP contribution in [0, 0.1) is 17.8 Å². The van der Waals surface area contributed by atoms with E-state index >= 15 is 0 Å². The summed E-state index contributed by atoms with van der Waals surface area (Å²) in [6.07, 6.45) is 11.6. The average molecular weight is 380 g/mol. The van der Waals surface area contributed by atoms with E-state index in [0.717, 1.165) is 44.9 Å². The highest BCUT2D eigenvalue weighted by molar-refractivity contribution is 5.85. The molecule has 3 fully saturated rings. The Morgan fingerprint density at radius 2 is 1.59 bits per heavy atom. The molecule has 1 N–H and O–H groups in total. The van der Waals surface area contributed by atoms with Crippen molar-refractivity contribution in [3.8, 4) is 0 Å². The minimum Gasteiger partial charge on any atom is -0.286 e. The van der Waals surface area contributed by atoms with Gasteiger partial charge < -0.3 is 0 Å². The van der Waals surface area contributed by atoms with Crippen molar-refractivity contribution >= 4 is 18.2 Å². The maximum Gasteiger partial charge on any atom is 0.246 e. The molecule has 1 atom stereocenters. The second-order valence-electron chi connectivity index (χ2n) is 8.42. The van der Waals surface area contributed by atoms with Gasteiger partial charge in [-0.1, -0.05) is 44.9 Å². The van der Waals surface area contributed by atoms with Crippen molar-refractivity contribution in [3.63, 3.8) is 0 Å². The number of rotatable bonds is 7. The summed E-state index contributed by atoms with van der Waals surface area (Å²) in [5.41, 5.74) is 0. The van der Waals surface area contributed by atoms with Gasteiger partial charge in [-0.05, 0) is 31.6 Å². The zero-order chi connectivity index (χ0) is 19.2. The van der Waals surface area contributed by atoms with Gasteiger partial charge in [-0.15, -0.1) is 0 Å². The highest BCUT2D eigenvalue weighted by atomic mass is 16.5. The van der Waals surface area contributed by atoms with Gasteiger partial charge in [0.15, 0.2) is 0 Å². The third-order valence-corrected chi connectivity index (χ3v) is 6.47. The Labute approximate surface area is 161 Å². The third-order valence-electron chi connectivity index (χ3n) is 6.47. The molecule has 1 heterocycles. The molecule has 3 rings (SSSR count). The second-order valence-corrected chi connectivity index (χ2v) is 8.42. The van der Waals surface area contributed by atoms with Crippen LogP contribution in [0.4, 0.5) is 0 Å². The molecule has 7 nitrogen and oxygen atoms in total. The lowest BCUT2D eigenvalue weighted by Crippen LogP contribution is -2.51. The molecule has 0 aromatic rings. The number of carbonyl (C=O) groups excluding carboxylic acids is 3. The van der Waals surface area contributed by atoms with Crippen LogP contribution >= 0.6 is 0 Å². The van der Waals surface area contributed by atoms with Crippen LogP contribution in [0.15, 0.2) is 0 Å². The summed E-state index contributed by atoms with van der Waals surface area (Å²) in [5, 5.41) is 13.5. The highest BCUT2D eigenvalue weighted by Gasteiger charge is 2.38. The molecule has 0 spiro atoms. The predicted molar refractivity (Wildman–Crippen MR) is 99.2 cm³/mol. The maximum absolute atomic E-state index is 13.3. The first kappa shape index (κ1) is 20.1. The van der Waals surface area contributed by atoms with Crippen LogP contribution in [-0.2, 0) is 14.4 Å². The summed E-state index contributed by atoms with van der Waals surface area (Å²) in [6, 6.07) is 0. The van der Waals surface area contributed by atoms with Crippen LogP contribution in [0.1, 0.15) is 70.6 Å². The van der Waals surface area contributed by atoms with Gasteiger partial charge in [-0.3, -0.25) is 29.6 Å². The van der Waals surface area contributed by atoms with Crippen molar-refractivity contribution in [1.29, 1.82) is 0 Å². The van der Waals surface area contributed by atoms with Gasteiger partial charge in [0, 0.05) is 19.0 Å². The second kappa shape index (κ2) is 9.53. The zero-order valence-electron chi connectivity index (χ0n) is 16.2. The van der Waals surface area contributed by atoms with Crippen molar-refractivity contribution in [2.45, 2.75) is 70.6 Å². The van der Waals surface area contributed by atoms with E-state index in [4.69, 9.17) is 0 Å². The number of hydroxylamine groups is 2. The van der Waals surface area contributed by atoms with Crippen LogP contribution in [0.2, 0.25) is 0 Å². The molecular weight excluding hydrogens is 346 g/mol. The minimum absolute atomic E-state index is 0.000786. The highest BCUT2D eigenvalue weighted by Crippen LogP contribution is 2.32. The monoisotopic (exact) mass is 379 g/mol. The topological polar surface area (TPSA) is 81.2 Å². The van der Waals surface area contributed by atoms with Crippen LogP contribution < -0.4 is 0 Å². The zero-order valence-corrected chi connectivity index (χ0v) is 16.2. The lowest BCUT2D eigenvalue weighted by molar-refractivity contribution is -0.169. The molecule has 27 heavy (non-hydrogen) atoms. The van der Waals surface area contributed by atoms with Gasteiger partial charge in [-0.2, -0.15) is 0 Å². The standard InChI is InChI=1S/C20H33N3O4/c24-15-21(27)14-18(13-16-7-4-5-8-16)20(26)23-12-6-11-22(23)19(25)17-9-2-1-3-10-17/h15-18,27H,1-14H2/t18-/m1/s1. The molecule has 7 heteroatoms. The third kappa shape index (κ3) is 5.00. The average Bonchev–Trinajstić information content (AvgIpc) is 3.38. The molecule has 0 aromatic carbocycles. The Bertz CT molecular complexity index is 529.